The van der Waals surface area contributed by atoms with Crippen molar-refractivity contribution >= 4 is 33.3 Å². The Bertz CT molecular complexity index is 1110. The second-order valence-corrected chi connectivity index (χ2v) is 10.7. The number of sulfone groups is 1. The molecule has 0 bridgehead atoms. The van der Waals surface area contributed by atoms with E-state index in [1.807, 2.05) is 6.92 Å². The molecule has 1 N–H and O–H groups in total. The lowest BCUT2D eigenvalue weighted by Gasteiger charge is -2.28. The molecule has 1 aliphatic rings. The van der Waals surface area contributed by atoms with E-state index in [0.717, 1.165) is 10.5 Å². The number of carbonyl (C=O) groups is 2. The van der Waals surface area contributed by atoms with Crippen molar-refractivity contribution in [1.82, 2.24) is 14.5 Å². The van der Waals surface area contributed by atoms with Crippen LogP contribution < -0.4 is 0 Å². The molecule has 0 saturated carbocycles. The smallest absolute Gasteiger partial charge is 0.279 e. The first kappa shape index (κ1) is 25.4. The molecule has 0 saturated heterocycles. The summed E-state index contributed by atoms with van der Waals surface area (Å²) in [6, 6.07) is 6.92. The van der Waals surface area contributed by atoms with Crippen LogP contribution in [0.4, 0.5) is 0 Å². The van der Waals surface area contributed by atoms with Crippen molar-refractivity contribution < 1.29 is 23.1 Å². The van der Waals surface area contributed by atoms with E-state index in [2.05, 4.69) is 4.98 Å². The summed E-state index contributed by atoms with van der Waals surface area (Å²) in [7, 11) is -3.75. The minimum Gasteiger partial charge on any atom is -0.396 e. The second kappa shape index (κ2) is 10.8. The van der Waals surface area contributed by atoms with E-state index >= 15 is 0 Å². The molecule has 2 aromatic rings. The average molecular weight is 496 g/mol. The number of nitrogens with zero attached hydrogens (tertiary/aromatic N) is 3. The number of imide groups is 1. The maximum Gasteiger partial charge on any atom is 0.279 e. The molecule has 0 aliphatic carbocycles. The quantitative estimate of drug-likeness (QED) is 0.535. The van der Waals surface area contributed by atoms with Crippen LogP contribution in [0.15, 0.2) is 29.4 Å². The third kappa shape index (κ3) is 5.47. The Morgan fingerprint density at radius 1 is 1.18 bits per heavy atom. The monoisotopic (exact) mass is 495 g/mol. The number of hydrogen-bond donors (Lipinski definition) is 1. The van der Waals surface area contributed by atoms with Gasteiger partial charge < -0.3 is 9.67 Å². The number of halogens is 1. The SMILES string of the molecule is CCCS(=O)(=O)c1nc2c(n1Cc1ccc(Cl)cc1)C(=O)N(CCCO)C(=O)C(CC)CC2. The predicted octanol–water partition coefficient (Wildman–Crippen LogP) is 3.09. The van der Waals surface area contributed by atoms with Crippen molar-refractivity contribution in [2.24, 2.45) is 5.92 Å². The van der Waals surface area contributed by atoms with Crippen LogP contribution in [-0.2, 0) is 27.6 Å². The van der Waals surface area contributed by atoms with Gasteiger partial charge in [-0.1, -0.05) is 37.6 Å². The zero-order chi connectivity index (χ0) is 24.2. The highest BCUT2D eigenvalue weighted by atomic mass is 35.5. The van der Waals surface area contributed by atoms with E-state index in [9.17, 15) is 23.1 Å². The zero-order valence-electron chi connectivity index (χ0n) is 19.0. The largest absolute Gasteiger partial charge is 0.396 e. The summed E-state index contributed by atoms with van der Waals surface area (Å²) in [6.45, 7) is 3.65. The molecule has 2 amide bonds. The van der Waals surface area contributed by atoms with Crippen LogP contribution in [0.3, 0.4) is 0 Å². The van der Waals surface area contributed by atoms with Gasteiger partial charge in [-0.3, -0.25) is 14.5 Å². The van der Waals surface area contributed by atoms with Crippen molar-refractivity contribution in [3.8, 4) is 0 Å². The summed E-state index contributed by atoms with van der Waals surface area (Å²) in [5.74, 6) is -1.32. The standard InChI is InChI=1S/C23H30ClN3O5S/c1-3-14-33(31,32)23-25-19-11-8-17(4-2)21(29)26(12-5-13-28)22(30)20(19)27(23)15-16-6-9-18(24)10-7-16/h6-7,9-10,17,28H,3-5,8,11-15H2,1-2H3. The number of imidazole rings is 1. The molecule has 2 heterocycles. The van der Waals surface area contributed by atoms with Crippen LogP contribution in [0, 0.1) is 5.92 Å². The number of rotatable bonds is 9. The van der Waals surface area contributed by atoms with Gasteiger partial charge in [0.15, 0.2) is 0 Å². The normalized spacial score (nSPS) is 17.1. The molecular weight excluding hydrogens is 466 g/mol. The summed E-state index contributed by atoms with van der Waals surface area (Å²) in [4.78, 5) is 32.4. The lowest BCUT2D eigenvalue weighted by atomic mass is 9.94. The highest BCUT2D eigenvalue weighted by molar-refractivity contribution is 7.91. The van der Waals surface area contributed by atoms with Crippen LogP contribution in [-0.4, -0.2) is 58.7 Å². The van der Waals surface area contributed by atoms with Crippen molar-refractivity contribution in [2.75, 3.05) is 18.9 Å². The van der Waals surface area contributed by atoms with E-state index in [0.29, 0.717) is 36.4 Å². The van der Waals surface area contributed by atoms with Gasteiger partial charge in [-0.05, 0) is 49.8 Å². The van der Waals surface area contributed by atoms with Gasteiger partial charge in [-0.15, -0.1) is 0 Å². The number of aliphatic hydroxyl groups is 1. The maximum atomic E-state index is 13.7. The Morgan fingerprint density at radius 2 is 1.88 bits per heavy atom. The summed E-state index contributed by atoms with van der Waals surface area (Å²) in [5.41, 5.74) is 1.27. The van der Waals surface area contributed by atoms with Crippen molar-refractivity contribution in [2.45, 2.75) is 57.7 Å². The maximum absolute atomic E-state index is 13.7. The van der Waals surface area contributed by atoms with E-state index in [1.165, 1.54) is 4.57 Å². The lowest BCUT2D eigenvalue weighted by Crippen LogP contribution is -2.44. The first-order valence-corrected chi connectivity index (χ1v) is 13.3. The fourth-order valence-corrected chi connectivity index (χ4v) is 5.70. The van der Waals surface area contributed by atoms with Gasteiger partial charge in [-0.2, -0.15) is 0 Å². The third-order valence-corrected chi connectivity index (χ3v) is 7.90. The topological polar surface area (TPSA) is 110 Å². The van der Waals surface area contributed by atoms with E-state index in [4.69, 9.17) is 11.6 Å². The molecule has 33 heavy (non-hydrogen) atoms. The average Bonchev–Trinajstić information content (AvgIpc) is 3.13. The highest BCUT2D eigenvalue weighted by Crippen LogP contribution is 2.28. The van der Waals surface area contributed by atoms with Gasteiger partial charge in [0.25, 0.3) is 5.91 Å². The van der Waals surface area contributed by atoms with Crippen LogP contribution >= 0.6 is 11.6 Å². The molecular formula is C23H30ClN3O5S. The summed E-state index contributed by atoms with van der Waals surface area (Å²) >= 11 is 5.99. The fourth-order valence-electron chi connectivity index (χ4n) is 4.11. The zero-order valence-corrected chi connectivity index (χ0v) is 20.5. The van der Waals surface area contributed by atoms with Crippen LogP contribution in [0.2, 0.25) is 5.02 Å². The van der Waals surface area contributed by atoms with Crippen molar-refractivity contribution in [3.63, 3.8) is 0 Å². The van der Waals surface area contributed by atoms with E-state index in [-0.39, 0.29) is 54.5 Å². The summed E-state index contributed by atoms with van der Waals surface area (Å²) < 4.78 is 27.6. The molecule has 0 fully saturated rings. The number of benzene rings is 1. The molecule has 0 spiro atoms. The van der Waals surface area contributed by atoms with E-state index < -0.39 is 15.7 Å². The van der Waals surface area contributed by atoms with Gasteiger partial charge in [0.1, 0.15) is 5.69 Å². The second-order valence-electron chi connectivity index (χ2n) is 8.24. The van der Waals surface area contributed by atoms with Gasteiger partial charge >= 0.3 is 0 Å². The molecule has 0 radical (unpaired) electrons. The Hall–Kier alpha value is -2.23. The van der Waals surface area contributed by atoms with Crippen LogP contribution in [0.5, 0.6) is 0 Å². The van der Waals surface area contributed by atoms with Crippen LogP contribution in [0.1, 0.15) is 61.3 Å². The Balaban J connectivity index is 2.20. The molecule has 1 unspecified atom stereocenters. The van der Waals surface area contributed by atoms with Gasteiger partial charge in [0.05, 0.1) is 18.0 Å². The number of carbonyl (C=O) groups excluding carboxylic acids is 2. The number of aliphatic hydroxyl groups excluding tert-OH is 1. The molecule has 8 nitrogen and oxygen atoms in total. The minimum absolute atomic E-state index is 0.0628. The molecule has 10 heteroatoms. The van der Waals surface area contributed by atoms with Gasteiger partial charge in [-0.25, -0.2) is 13.4 Å². The van der Waals surface area contributed by atoms with Gasteiger partial charge in [0.2, 0.25) is 20.9 Å². The van der Waals surface area contributed by atoms with Crippen molar-refractivity contribution in [1.29, 1.82) is 0 Å². The van der Waals surface area contributed by atoms with Crippen molar-refractivity contribution in [3.05, 3.63) is 46.2 Å². The first-order chi connectivity index (χ1) is 15.7. The predicted molar refractivity (Wildman–Crippen MR) is 125 cm³/mol. The molecule has 1 aromatic carbocycles. The first-order valence-electron chi connectivity index (χ1n) is 11.3. The molecule has 1 aromatic heterocycles. The summed E-state index contributed by atoms with van der Waals surface area (Å²) in [6.07, 6.45) is 2.02. The fraction of sp³-hybridized carbons (Fsp3) is 0.522. The number of hydrogen-bond acceptors (Lipinski definition) is 6. The minimum atomic E-state index is -3.75. The molecule has 1 aliphatic heterocycles. The van der Waals surface area contributed by atoms with Gasteiger partial charge in [0, 0.05) is 24.1 Å². The number of aryl methyl sites for hydroxylation is 1. The van der Waals surface area contributed by atoms with E-state index in [1.54, 1.807) is 31.2 Å². The summed E-state index contributed by atoms with van der Waals surface area (Å²) in [5, 5.41) is 9.69. The molecule has 1 atom stereocenters. The number of amides is 2. The lowest BCUT2D eigenvalue weighted by molar-refractivity contribution is -0.133. The Morgan fingerprint density at radius 3 is 2.48 bits per heavy atom. The molecule has 180 valence electrons. The third-order valence-electron chi connectivity index (χ3n) is 5.83. The molecule has 3 rings (SSSR count). The Labute approximate surface area is 199 Å². The Kier molecular flexibility index (Phi) is 8.31. The highest BCUT2D eigenvalue weighted by Gasteiger charge is 2.37. The number of aromatic nitrogens is 2. The number of fused-ring (bicyclic) bond motifs is 1. The van der Waals surface area contributed by atoms with Crippen LogP contribution in [0.25, 0.3) is 0 Å².